The zero-order chi connectivity index (χ0) is 8.57. The van der Waals surface area contributed by atoms with Gasteiger partial charge in [0.05, 0.1) is 0 Å². The molecule has 0 aromatic rings. The van der Waals surface area contributed by atoms with Crippen LogP contribution in [0.2, 0.25) is 0 Å². The van der Waals surface area contributed by atoms with Gasteiger partial charge in [-0.05, 0) is 26.6 Å². The van der Waals surface area contributed by atoms with Crippen molar-refractivity contribution < 1.29 is 5.11 Å². The van der Waals surface area contributed by atoms with Crippen molar-refractivity contribution in [3.8, 4) is 0 Å². The molecule has 0 rings (SSSR count). The second-order valence-electron chi connectivity index (χ2n) is 2.97. The van der Waals surface area contributed by atoms with E-state index in [1.165, 1.54) is 0 Å². The molecule has 10 heavy (non-hydrogen) atoms. The molecule has 0 unspecified atom stereocenters. The first-order valence-electron chi connectivity index (χ1n) is 3.80. The quantitative estimate of drug-likeness (QED) is 0.634. The molecule has 2 nitrogen and oxygen atoms in total. The topological polar surface area (TPSA) is 23.5 Å². The molecular weight excluding hydrogens is 126 g/mol. The summed E-state index contributed by atoms with van der Waals surface area (Å²) in [5, 5.41) is 8.14. The summed E-state index contributed by atoms with van der Waals surface area (Å²) in [5.74, 6) is 0.440. The molecule has 0 amide bonds. The number of nitrogens with zero attached hydrogens (tertiary/aromatic N) is 1. The Kier molecular flexibility index (Phi) is 11.2. The van der Waals surface area contributed by atoms with Crippen LogP contribution >= 0.6 is 0 Å². The second kappa shape index (κ2) is 8.92. The largest absolute Gasteiger partial charge is 0.396 e. The van der Waals surface area contributed by atoms with Crippen LogP contribution in [0.4, 0.5) is 0 Å². The summed E-state index contributed by atoms with van der Waals surface area (Å²) in [5.41, 5.74) is 0. The van der Waals surface area contributed by atoms with Crippen molar-refractivity contribution in [3.63, 3.8) is 0 Å². The molecule has 0 bridgehead atoms. The summed E-state index contributed by atoms with van der Waals surface area (Å²) < 4.78 is 0. The highest BCUT2D eigenvalue weighted by atomic mass is 16.3. The fraction of sp³-hybridized carbons (Fsp3) is 1.00. The van der Waals surface area contributed by atoms with Crippen molar-refractivity contribution in [1.82, 2.24) is 4.90 Å². The van der Waals surface area contributed by atoms with E-state index in [9.17, 15) is 0 Å². The maximum Gasteiger partial charge on any atom is 0.0453 e. The van der Waals surface area contributed by atoms with Gasteiger partial charge in [-0.25, -0.2) is 0 Å². The van der Waals surface area contributed by atoms with E-state index in [0.717, 1.165) is 6.54 Å². The standard InChI is InChI=1S/C4H11N.C4H10O/c1-4-5(2)3;1-4(2)3-5/h4H2,1-3H3;4-5H,3H2,1-2H3. The van der Waals surface area contributed by atoms with Crippen LogP contribution in [0.3, 0.4) is 0 Å². The monoisotopic (exact) mass is 147 g/mol. The molecule has 0 aliphatic rings. The van der Waals surface area contributed by atoms with Crippen molar-refractivity contribution >= 4 is 0 Å². The summed E-state index contributed by atoms with van der Waals surface area (Å²) >= 11 is 0. The summed E-state index contributed by atoms with van der Waals surface area (Å²) in [6.07, 6.45) is 0. The fourth-order valence-electron chi connectivity index (χ4n) is 0. The minimum atomic E-state index is 0.306. The lowest BCUT2D eigenvalue weighted by Crippen LogP contribution is -2.08. The molecule has 0 spiro atoms. The highest BCUT2D eigenvalue weighted by molar-refractivity contribution is 4.32. The first-order chi connectivity index (χ1) is 4.54. The Morgan fingerprint density at radius 1 is 1.30 bits per heavy atom. The lowest BCUT2D eigenvalue weighted by molar-refractivity contribution is 0.248. The third-order valence-electron chi connectivity index (χ3n) is 0.998. The minimum Gasteiger partial charge on any atom is -0.396 e. The summed E-state index contributed by atoms with van der Waals surface area (Å²) in [6, 6.07) is 0. The van der Waals surface area contributed by atoms with Crippen LogP contribution in [0.25, 0.3) is 0 Å². The van der Waals surface area contributed by atoms with Crippen molar-refractivity contribution in [2.75, 3.05) is 27.2 Å². The van der Waals surface area contributed by atoms with E-state index in [-0.39, 0.29) is 0 Å². The molecule has 1 N–H and O–H groups in total. The van der Waals surface area contributed by atoms with Crippen molar-refractivity contribution in [2.24, 2.45) is 5.92 Å². The first kappa shape index (κ1) is 12.6. The number of rotatable bonds is 2. The van der Waals surface area contributed by atoms with E-state index in [1.54, 1.807) is 0 Å². The van der Waals surface area contributed by atoms with E-state index in [0.29, 0.717) is 12.5 Å². The van der Waals surface area contributed by atoms with Crippen LogP contribution in [0, 0.1) is 5.92 Å². The van der Waals surface area contributed by atoms with Gasteiger partial charge in [-0.2, -0.15) is 0 Å². The third-order valence-corrected chi connectivity index (χ3v) is 0.998. The Morgan fingerprint density at radius 3 is 1.50 bits per heavy atom. The highest BCUT2D eigenvalue weighted by Gasteiger charge is 1.81. The average molecular weight is 147 g/mol. The highest BCUT2D eigenvalue weighted by Crippen LogP contribution is 1.83. The molecule has 0 atom stereocenters. The van der Waals surface area contributed by atoms with Gasteiger partial charge in [-0.3, -0.25) is 0 Å². The molecule has 0 fully saturated rings. The van der Waals surface area contributed by atoms with Gasteiger partial charge in [-0.1, -0.05) is 20.8 Å². The third kappa shape index (κ3) is 24.7. The maximum absolute atomic E-state index is 8.14. The van der Waals surface area contributed by atoms with E-state index in [2.05, 4.69) is 25.9 Å². The van der Waals surface area contributed by atoms with E-state index < -0.39 is 0 Å². The van der Waals surface area contributed by atoms with Crippen LogP contribution in [-0.2, 0) is 0 Å². The molecule has 0 saturated heterocycles. The molecule has 0 aliphatic carbocycles. The second-order valence-corrected chi connectivity index (χ2v) is 2.97. The SMILES string of the molecule is CC(C)CO.CCN(C)C. The lowest BCUT2D eigenvalue weighted by Gasteiger charge is -2.00. The first-order valence-corrected chi connectivity index (χ1v) is 3.80. The van der Waals surface area contributed by atoms with Gasteiger partial charge >= 0.3 is 0 Å². The van der Waals surface area contributed by atoms with Gasteiger partial charge in [0.15, 0.2) is 0 Å². The number of hydrogen-bond acceptors (Lipinski definition) is 2. The smallest absolute Gasteiger partial charge is 0.0453 e. The minimum absolute atomic E-state index is 0.306. The number of hydrogen-bond donors (Lipinski definition) is 1. The summed E-state index contributed by atoms with van der Waals surface area (Å²) in [6.45, 7) is 7.51. The Morgan fingerprint density at radius 2 is 1.50 bits per heavy atom. The Bertz CT molecular complexity index is 45.2. The van der Waals surface area contributed by atoms with Crippen molar-refractivity contribution in [1.29, 1.82) is 0 Å². The molecular formula is C8H21NO. The lowest BCUT2D eigenvalue weighted by atomic mass is 10.2. The molecule has 0 aliphatic heterocycles. The van der Waals surface area contributed by atoms with Crippen LogP contribution in [0.15, 0.2) is 0 Å². The molecule has 2 heteroatoms. The van der Waals surface area contributed by atoms with Gasteiger partial charge in [0, 0.05) is 6.61 Å². The van der Waals surface area contributed by atoms with Gasteiger partial charge in [0.2, 0.25) is 0 Å². The van der Waals surface area contributed by atoms with Crippen LogP contribution < -0.4 is 0 Å². The normalized spacial score (nSPS) is 9.60. The zero-order valence-corrected chi connectivity index (χ0v) is 7.89. The van der Waals surface area contributed by atoms with Gasteiger partial charge in [-0.15, -0.1) is 0 Å². The van der Waals surface area contributed by atoms with E-state index in [1.807, 2.05) is 13.8 Å². The van der Waals surface area contributed by atoms with E-state index in [4.69, 9.17) is 5.11 Å². The predicted octanol–water partition coefficient (Wildman–Crippen LogP) is 1.20. The molecule has 0 radical (unpaired) electrons. The Hall–Kier alpha value is -0.0800. The Labute approximate surface area is 64.9 Å². The van der Waals surface area contributed by atoms with Crippen LogP contribution in [-0.4, -0.2) is 37.3 Å². The Balaban J connectivity index is 0. The number of aliphatic hydroxyl groups is 1. The zero-order valence-electron chi connectivity index (χ0n) is 7.89. The van der Waals surface area contributed by atoms with Gasteiger partial charge in [0.1, 0.15) is 0 Å². The van der Waals surface area contributed by atoms with Crippen LogP contribution in [0.5, 0.6) is 0 Å². The molecule has 0 aromatic carbocycles. The van der Waals surface area contributed by atoms with Crippen LogP contribution in [0.1, 0.15) is 20.8 Å². The predicted molar refractivity (Wildman–Crippen MR) is 46.2 cm³/mol. The molecule has 0 saturated carbocycles. The summed E-state index contributed by atoms with van der Waals surface area (Å²) in [7, 11) is 4.11. The van der Waals surface area contributed by atoms with Gasteiger partial charge < -0.3 is 10.0 Å². The van der Waals surface area contributed by atoms with Crippen molar-refractivity contribution in [2.45, 2.75) is 20.8 Å². The average Bonchev–Trinajstić information content (AvgIpc) is 1.89. The summed E-state index contributed by atoms with van der Waals surface area (Å²) in [4.78, 5) is 2.12. The van der Waals surface area contributed by atoms with E-state index >= 15 is 0 Å². The maximum atomic E-state index is 8.14. The van der Waals surface area contributed by atoms with Gasteiger partial charge in [0.25, 0.3) is 0 Å². The molecule has 0 aromatic heterocycles. The fourth-order valence-corrected chi connectivity index (χ4v) is 0. The molecule has 0 heterocycles. The number of aliphatic hydroxyl groups excluding tert-OH is 1. The molecule has 64 valence electrons. The van der Waals surface area contributed by atoms with Crippen molar-refractivity contribution in [3.05, 3.63) is 0 Å².